The van der Waals surface area contributed by atoms with Crippen LogP contribution in [0.1, 0.15) is 25.8 Å². The van der Waals surface area contributed by atoms with Crippen LogP contribution < -0.4 is 24.8 Å². The van der Waals surface area contributed by atoms with Crippen LogP contribution in [0.5, 0.6) is 11.5 Å². The third-order valence-electron chi connectivity index (χ3n) is 3.56. The lowest BCUT2D eigenvalue weighted by Crippen LogP contribution is -2.38. The zero-order chi connectivity index (χ0) is 19.4. The van der Waals surface area contributed by atoms with Crippen LogP contribution in [0.2, 0.25) is 0 Å². The minimum Gasteiger partial charge on any atom is -0.493 e. The van der Waals surface area contributed by atoms with Gasteiger partial charge in [0.2, 0.25) is 10.0 Å². The van der Waals surface area contributed by atoms with Crippen LogP contribution in [-0.4, -0.2) is 54.0 Å². The zero-order valence-corrected chi connectivity index (χ0v) is 19.5. The fourth-order valence-corrected chi connectivity index (χ4v) is 2.78. The molecular weight excluding hydrogens is 483 g/mol. The van der Waals surface area contributed by atoms with Crippen molar-refractivity contribution < 1.29 is 17.9 Å². The Morgan fingerprint density at radius 1 is 1.07 bits per heavy atom. The molecule has 0 aromatic heterocycles. The number of nitrogens with one attached hydrogen (secondary N) is 3. The van der Waals surface area contributed by atoms with Crippen LogP contribution in [-0.2, 0) is 16.6 Å². The van der Waals surface area contributed by atoms with Gasteiger partial charge in [0.1, 0.15) is 0 Å². The van der Waals surface area contributed by atoms with Gasteiger partial charge in [0.15, 0.2) is 17.5 Å². The molecule has 156 valence electrons. The first-order valence-electron chi connectivity index (χ1n) is 8.66. The van der Waals surface area contributed by atoms with E-state index in [-0.39, 0.29) is 29.7 Å². The molecule has 10 heteroatoms. The Labute approximate surface area is 179 Å². The quantitative estimate of drug-likeness (QED) is 0.180. The van der Waals surface area contributed by atoms with Gasteiger partial charge in [0.05, 0.1) is 26.5 Å². The molecule has 0 heterocycles. The highest BCUT2D eigenvalue weighted by Gasteiger charge is 2.06. The molecular formula is C17H31IN4O4S. The highest BCUT2D eigenvalue weighted by molar-refractivity contribution is 14.0. The molecule has 27 heavy (non-hydrogen) atoms. The number of sulfonamides is 1. The topological polar surface area (TPSA) is 101 Å². The van der Waals surface area contributed by atoms with Gasteiger partial charge in [-0.3, -0.25) is 0 Å². The molecule has 0 unspecified atom stereocenters. The Hall–Kier alpha value is -1.27. The van der Waals surface area contributed by atoms with Crippen LogP contribution in [0.15, 0.2) is 23.2 Å². The molecule has 3 N–H and O–H groups in total. The molecule has 0 spiro atoms. The summed E-state index contributed by atoms with van der Waals surface area (Å²) in [5, 5.41) is 6.36. The predicted molar refractivity (Wildman–Crippen MR) is 120 cm³/mol. The molecule has 1 rings (SSSR count). The van der Waals surface area contributed by atoms with Crippen LogP contribution >= 0.6 is 24.0 Å². The normalized spacial score (nSPS) is 11.5. The summed E-state index contributed by atoms with van der Waals surface area (Å²) >= 11 is 0. The highest BCUT2D eigenvalue weighted by Crippen LogP contribution is 2.27. The summed E-state index contributed by atoms with van der Waals surface area (Å²) in [5.74, 6) is 2.12. The smallest absolute Gasteiger partial charge is 0.211 e. The third-order valence-corrected chi connectivity index (χ3v) is 4.96. The van der Waals surface area contributed by atoms with E-state index in [9.17, 15) is 8.42 Å². The van der Waals surface area contributed by atoms with Crippen molar-refractivity contribution in [2.75, 3.05) is 39.6 Å². The second kappa shape index (κ2) is 13.8. The molecule has 0 amide bonds. The molecule has 0 fully saturated rings. The van der Waals surface area contributed by atoms with Gasteiger partial charge >= 0.3 is 0 Å². The van der Waals surface area contributed by atoms with Crippen molar-refractivity contribution in [3.05, 3.63) is 23.8 Å². The molecule has 0 aliphatic rings. The number of hydrogen-bond donors (Lipinski definition) is 3. The summed E-state index contributed by atoms with van der Waals surface area (Å²) in [5.41, 5.74) is 0.996. The minimum absolute atomic E-state index is 0. The van der Waals surface area contributed by atoms with Gasteiger partial charge in [-0.15, -0.1) is 24.0 Å². The molecule has 0 atom stereocenters. The van der Waals surface area contributed by atoms with E-state index in [2.05, 4.69) is 20.3 Å². The van der Waals surface area contributed by atoms with E-state index in [1.54, 1.807) is 21.1 Å². The summed E-state index contributed by atoms with van der Waals surface area (Å²) in [4.78, 5) is 4.54. The van der Waals surface area contributed by atoms with Gasteiger partial charge in [0.25, 0.3) is 0 Å². The fourth-order valence-electron chi connectivity index (χ4n) is 2.12. The lowest BCUT2D eigenvalue weighted by atomic mass is 10.2. The first-order chi connectivity index (χ1) is 12.5. The van der Waals surface area contributed by atoms with E-state index in [0.717, 1.165) is 12.1 Å². The Kier molecular flexibility index (Phi) is 13.2. The number of ether oxygens (including phenoxy) is 2. The molecule has 0 saturated heterocycles. The van der Waals surface area contributed by atoms with E-state index >= 15 is 0 Å². The maximum atomic E-state index is 11.4. The van der Waals surface area contributed by atoms with Gasteiger partial charge in [0, 0.05) is 19.6 Å². The van der Waals surface area contributed by atoms with Crippen molar-refractivity contribution >= 4 is 40.0 Å². The number of guanidine groups is 1. The second-order valence-corrected chi connectivity index (χ2v) is 7.56. The van der Waals surface area contributed by atoms with Crippen molar-refractivity contribution in [1.82, 2.24) is 15.4 Å². The second-order valence-electron chi connectivity index (χ2n) is 5.46. The lowest BCUT2D eigenvalue weighted by Gasteiger charge is -2.12. The van der Waals surface area contributed by atoms with E-state index in [1.165, 1.54) is 0 Å². The standard InChI is InChI=1S/C17H30N4O4S.HI/c1-5-18-17(19-10-7-11-21-26(22,23)6-2)20-13-14-8-9-15(24-3)16(12-14)25-4;/h8-9,12,21H,5-7,10-11,13H2,1-4H3,(H2,18,19,20);1H. The van der Waals surface area contributed by atoms with Crippen molar-refractivity contribution in [1.29, 1.82) is 0 Å². The average Bonchev–Trinajstić information content (AvgIpc) is 2.65. The summed E-state index contributed by atoms with van der Waals surface area (Å²) in [6.07, 6.45) is 0.667. The molecule has 0 aliphatic heterocycles. The number of aliphatic imine (C=N–C) groups is 1. The minimum atomic E-state index is -3.13. The van der Waals surface area contributed by atoms with Gasteiger partial charge in [-0.25, -0.2) is 18.1 Å². The van der Waals surface area contributed by atoms with Crippen molar-refractivity contribution in [2.24, 2.45) is 4.99 Å². The summed E-state index contributed by atoms with van der Waals surface area (Å²) in [7, 11) is 0.0663. The molecule has 0 bridgehead atoms. The molecule has 0 aliphatic carbocycles. The number of nitrogens with zero attached hydrogens (tertiary/aromatic N) is 1. The summed E-state index contributed by atoms with van der Waals surface area (Å²) < 4.78 is 35.8. The lowest BCUT2D eigenvalue weighted by molar-refractivity contribution is 0.354. The van der Waals surface area contributed by atoms with Gasteiger partial charge < -0.3 is 20.1 Å². The maximum absolute atomic E-state index is 11.4. The predicted octanol–water partition coefficient (Wildman–Crippen LogP) is 1.71. The number of methoxy groups -OCH3 is 2. The van der Waals surface area contributed by atoms with Crippen molar-refractivity contribution in [2.45, 2.75) is 26.8 Å². The number of benzene rings is 1. The molecule has 8 nitrogen and oxygen atoms in total. The van der Waals surface area contributed by atoms with E-state index in [4.69, 9.17) is 9.47 Å². The first kappa shape index (κ1) is 25.7. The highest BCUT2D eigenvalue weighted by atomic mass is 127. The van der Waals surface area contributed by atoms with Gasteiger partial charge in [-0.05, 0) is 38.0 Å². The van der Waals surface area contributed by atoms with E-state index in [1.807, 2.05) is 25.1 Å². The largest absolute Gasteiger partial charge is 0.493 e. The maximum Gasteiger partial charge on any atom is 0.211 e. The van der Waals surface area contributed by atoms with E-state index in [0.29, 0.717) is 43.5 Å². The third kappa shape index (κ3) is 10.0. The van der Waals surface area contributed by atoms with Gasteiger partial charge in [-0.2, -0.15) is 0 Å². The molecule has 1 aromatic carbocycles. The number of halogens is 1. The average molecular weight is 514 g/mol. The Bertz CT molecular complexity index is 684. The molecule has 0 radical (unpaired) electrons. The van der Waals surface area contributed by atoms with Crippen molar-refractivity contribution in [3.8, 4) is 11.5 Å². The molecule has 0 saturated carbocycles. The van der Waals surface area contributed by atoms with Gasteiger partial charge in [-0.1, -0.05) is 6.07 Å². The van der Waals surface area contributed by atoms with E-state index < -0.39 is 10.0 Å². The number of hydrogen-bond acceptors (Lipinski definition) is 5. The Morgan fingerprint density at radius 2 is 1.78 bits per heavy atom. The van der Waals surface area contributed by atoms with Crippen LogP contribution in [0.4, 0.5) is 0 Å². The van der Waals surface area contributed by atoms with Crippen molar-refractivity contribution in [3.63, 3.8) is 0 Å². The first-order valence-corrected chi connectivity index (χ1v) is 10.3. The van der Waals surface area contributed by atoms with Crippen LogP contribution in [0.25, 0.3) is 0 Å². The zero-order valence-electron chi connectivity index (χ0n) is 16.4. The Balaban J connectivity index is 0.00000676. The van der Waals surface area contributed by atoms with Crippen LogP contribution in [0.3, 0.4) is 0 Å². The molecule has 1 aromatic rings. The summed E-state index contributed by atoms with van der Waals surface area (Å²) in [6.45, 7) is 5.84. The monoisotopic (exact) mass is 514 g/mol. The SMILES string of the molecule is CCNC(=NCc1ccc(OC)c(OC)c1)NCCCNS(=O)(=O)CC.I. The Morgan fingerprint density at radius 3 is 2.37 bits per heavy atom. The number of rotatable bonds is 11. The fraction of sp³-hybridized carbons (Fsp3) is 0.588. The summed E-state index contributed by atoms with van der Waals surface area (Å²) in [6, 6.07) is 5.68. The van der Waals surface area contributed by atoms with Crippen LogP contribution in [0, 0.1) is 0 Å².